The molecule has 0 saturated heterocycles. The Morgan fingerprint density at radius 3 is 2.14 bits per heavy atom. The lowest BCUT2D eigenvalue weighted by atomic mass is 9.82. The predicted molar refractivity (Wildman–Crippen MR) is 58.9 cm³/mol. The van der Waals surface area contributed by atoms with Crippen LogP contribution in [0.1, 0.15) is 25.7 Å². The molecule has 0 atom stereocenters. The van der Waals surface area contributed by atoms with Crippen LogP contribution in [0.3, 0.4) is 0 Å². The molecule has 4 heteroatoms. The van der Waals surface area contributed by atoms with Gasteiger partial charge in [-0.3, -0.25) is 4.79 Å². The second kappa shape index (κ2) is 6.25. The van der Waals surface area contributed by atoms with E-state index in [1.54, 1.807) is 0 Å². The Labute approximate surface area is 91.9 Å². The lowest BCUT2D eigenvalue weighted by molar-refractivity contribution is -0.143. The van der Waals surface area contributed by atoms with E-state index in [9.17, 15) is 4.79 Å². The fourth-order valence-corrected chi connectivity index (χ4v) is 2.11. The lowest BCUT2D eigenvalue weighted by Crippen LogP contribution is -2.28. The normalized spacial score (nSPS) is 27.1. The first kappa shape index (κ1) is 13.7. The van der Waals surface area contributed by atoms with Gasteiger partial charge >= 0.3 is 5.97 Å². The zero-order chi connectivity index (χ0) is 9.84. The third kappa shape index (κ3) is 4.29. The van der Waals surface area contributed by atoms with Gasteiger partial charge < -0.3 is 10.0 Å². The molecule has 3 nitrogen and oxygen atoms in total. The van der Waals surface area contributed by atoms with E-state index in [1.807, 2.05) is 0 Å². The maximum Gasteiger partial charge on any atom is 0.306 e. The van der Waals surface area contributed by atoms with Gasteiger partial charge in [0.25, 0.3) is 0 Å². The first-order chi connectivity index (χ1) is 6.09. The molecule has 0 bridgehead atoms. The van der Waals surface area contributed by atoms with Crippen LogP contribution >= 0.6 is 12.4 Å². The molecule has 1 aliphatic rings. The maximum atomic E-state index is 10.7. The number of nitrogens with zero attached hydrogens (tertiary/aromatic N) is 1. The Kier molecular flexibility index (Phi) is 6.12. The number of carboxylic acid groups (broad SMARTS) is 1. The Balaban J connectivity index is 0.00000169. The topological polar surface area (TPSA) is 40.5 Å². The van der Waals surface area contributed by atoms with Crippen LogP contribution in [0.5, 0.6) is 0 Å². The van der Waals surface area contributed by atoms with Crippen LogP contribution in [0.25, 0.3) is 0 Å². The Bertz CT molecular complexity index is 177. The van der Waals surface area contributed by atoms with E-state index in [-0.39, 0.29) is 18.3 Å². The standard InChI is InChI=1S/C10H19NO2.ClH/c1-11(2)7-8-3-5-9(6-4-8)10(12)13;/h8-9H,3-7H2,1-2H3,(H,12,13);1H/t8-,9-;. The number of hydrogen-bond donors (Lipinski definition) is 1. The van der Waals surface area contributed by atoms with Crippen molar-refractivity contribution in [3.05, 3.63) is 0 Å². The van der Waals surface area contributed by atoms with E-state index in [4.69, 9.17) is 5.11 Å². The summed E-state index contributed by atoms with van der Waals surface area (Å²) in [4.78, 5) is 12.9. The minimum atomic E-state index is -0.608. The van der Waals surface area contributed by atoms with Gasteiger partial charge in [-0.05, 0) is 45.7 Å². The fourth-order valence-electron chi connectivity index (χ4n) is 2.11. The van der Waals surface area contributed by atoms with Crippen molar-refractivity contribution >= 4 is 18.4 Å². The summed E-state index contributed by atoms with van der Waals surface area (Å²) in [5, 5.41) is 8.80. The first-order valence-corrected chi connectivity index (χ1v) is 4.97. The van der Waals surface area contributed by atoms with Crippen LogP contribution in [0.2, 0.25) is 0 Å². The van der Waals surface area contributed by atoms with Gasteiger partial charge in [0, 0.05) is 6.54 Å². The molecule has 0 aromatic heterocycles. The highest BCUT2D eigenvalue weighted by Crippen LogP contribution is 2.28. The maximum absolute atomic E-state index is 10.7. The number of halogens is 1. The Morgan fingerprint density at radius 1 is 1.29 bits per heavy atom. The molecule has 0 amide bonds. The molecule has 0 unspecified atom stereocenters. The van der Waals surface area contributed by atoms with Crippen molar-refractivity contribution in [2.45, 2.75) is 25.7 Å². The van der Waals surface area contributed by atoms with Crippen LogP contribution in [-0.2, 0) is 4.79 Å². The average Bonchev–Trinajstić information content (AvgIpc) is 2.04. The van der Waals surface area contributed by atoms with Crippen LogP contribution in [0.15, 0.2) is 0 Å². The third-order valence-electron chi connectivity index (χ3n) is 2.82. The summed E-state index contributed by atoms with van der Waals surface area (Å²) in [7, 11) is 4.15. The van der Waals surface area contributed by atoms with Gasteiger partial charge in [-0.25, -0.2) is 0 Å². The van der Waals surface area contributed by atoms with Gasteiger partial charge in [0.05, 0.1) is 5.92 Å². The van der Waals surface area contributed by atoms with Crippen molar-refractivity contribution < 1.29 is 9.90 Å². The van der Waals surface area contributed by atoms with Crippen LogP contribution in [0.4, 0.5) is 0 Å². The molecule has 0 spiro atoms. The van der Waals surface area contributed by atoms with E-state index < -0.39 is 5.97 Å². The van der Waals surface area contributed by atoms with E-state index in [2.05, 4.69) is 19.0 Å². The van der Waals surface area contributed by atoms with Gasteiger partial charge in [0.15, 0.2) is 0 Å². The van der Waals surface area contributed by atoms with Crippen LogP contribution in [0, 0.1) is 11.8 Å². The van der Waals surface area contributed by atoms with Crippen molar-refractivity contribution in [2.75, 3.05) is 20.6 Å². The highest BCUT2D eigenvalue weighted by Gasteiger charge is 2.25. The number of hydrogen-bond acceptors (Lipinski definition) is 2. The molecule has 0 aromatic rings. The van der Waals surface area contributed by atoms with Crippen molar-refractivity contribution in [1.82, 2.24) is 4.90 Å². The summed E-state index contributed by atoms with van der Waals surface area (Å²) in [6, 6.07) is 0. The van der Waals surface area contributed by atoms with Gasteiger partial charge in [0.1, 0.15) is 0 Å². The summed E-state index contributed by atoms with van der Waals surface area (Å²) in [5.74, 6) is 0.0346. The molecular formula is C10H20ClNO2. The van der Waals surface area contributed by atoms with Crippen molar-refractivity contribution in [2.24, 2.45) is 11.8 Å². The summed E-state index contributed by atoms with van der Waals surface area (Å²) in [5.41, 5.74) is 0. The molecule has 1 rings (SSSR count). The minimum absolute atomic E-state index is 0. The van der Waals surface area contributed by atoms with Gasteiger partial charge in [-0.15, -0.1) is 12.4 Å². The second-order valence-corrected chi connectivity index (χ2v) is 4.32. The molecule has 84 valence electrons. The smallest absolute Gasteiger partial charge is 0.306 e. The van der Waals surface area contributed by atoms with Crippen LogP contribution < -0.4 is 0 Å². The van der Waals surface area contributed by atoms with Crippen molar-refractivity contribution in [1.29, 1.82) is 0 Å². The van der Waals surface area contributed by atoms with Crippen LogP contribution in [-0.4, -0.2) is 36.6 Å². The van der Waals surface area contributed by atoms with E-state index >= 15 is 0 Å². The molecule has 1 N–H and O–H groups in total. The monoisotopic (exact) mass is 221 g/mol. The van der Waals surface area contributed by atoms with Gasteiger partial charge in [-0.2, -0.15) is 0 Å². The average molecular weight is 222 g/mol. The SMILES string of the molecule is CN(C)C[C@H]1CC[C@H](C(=O)O)CC1.Cl. The largest absolute Gasteiger partial charge is 0.481 e. The Morgan fingerprint density at radius 2 is 1.79 bits per heavy atom. The number of aliphatic carboxylic acids is 1. The van der Waals surface area contributed by atoms with Crippen molar-refractivity contribution in [3.8, 4) is 0 Å². The molecule has 0 radical (unpaired) electrons. The lowest BCUT2D eigenvalue weighted by Gasteiger charge is -2.28. The molecule has 1 saturated carbocycles. The second-order valence-electron chi connectivity index (χ2n) is 4.32. The van der Waals surface area contributed by atoms with E-state index in [1.165, 1.54) is 0 Å². The summed E-state index contributed by atoms with van der Waals surface area (Å²) >= 11 is 0. The molecule has 0 aromatic carbocycles. The Hall–Kier alpha value is -0.280. The summed E-state index contributed by atoms with van der Waals surface area (Å²) in [6.45, 7) is 1.10. The minimum Gasteiger partial charge on any atom is -0.481 e. The quantitative estimate of drug-likeness (QED) is 0.791. The molecular weight excluding hydrogens is 202 g/mol. The van der Waals surface area contributed by atoms with Crippen molar-refractivity contribution in [3.63, 3.8) is 0 Å². The van der Waals surface area contributed by atoms with E-state index in [0.717, 1.165) is 32.2 Å². The zero-order valence-electron chi connectivity index (χ0n) is 8.90. The summed E-state index contributed by atoms with van der Waals surface area (Å²) < 4.78 is 0. The molecule has 1 aliphatic carbocycles. The van der Waals surface area contributed by atoms with Gasteiger partial charge in [-0.1, -0.05) is 0 Å². The first-order valence-electron chi connectivity index (χ1n) is 4.97. The highest BCUT2D eigenvalue weighted by atomic mass is 35.5. The van der Waals surface area contributed by atoms with E-state index in [0.29, 0.717) is 5.92 Å². The molecule has 14 heavy (non-hydrogen) atoms. The van der Waals surface area contributed by atoms with Gasteiger partial charge in [0.2, 0.25) is 0 Å². The fraction of sp³-hybridized carbons (Fsp3) is 0.900. The number of carboxylic acids is 1. The highest BCUT2D eigenvalue weighted by molar-refractivity contribution is 5.85. The third-order valence-corrected chi connectivity index (χ3v) is 2.82. The molecule has 1 fully saturated rings. The number of rotatable bonds is 3. The zero-order valence-corrected chi connectivity index (χ0v) is 9.72. The number of carbonyl (C=O) groups is 1. The predicted octanol–water partition coefficient (Wildman–Crippen LogP) is 1.86. The molecule has 0 heterocycles. The summed E-state index contributed by atoms with van der Waals surface area (Å²) in [6.07, 6.45) is 3.89. The molecule has 0 aliphatic heterocycles.